The van der Waals surface area contributed by atoms with Gasteiger partial charge in [-0.2, -0.15) is 26.3 Å². The highest BCUT2D eigenvalue weighted by Gasteiger charge is 2.71. The average molecular weight is 568 g/mol. The normalized spacial score (nSPS) is 17.6. The first-order chi connectivity index (χ1) is 18.7. The van der Waals surface area contributed by atoms with Crippen LogP contribution in [0.3, 0.4) is 0 Å². The summed E-state index contributed by atoms with van der Waals surface area (Å²) in [7, 11) is 0. The Kier molecular flexibility index (Phi) is 8.25. The molecule has 1 fully saturated rings. The van der Waals surface area contributed by atoms with Crippen molar-refractivity contribution in [1.82, 2.24) is 14.8 Å². The van der Waals surface area contributed by atoms with Gasteiger partial charge in [-0.3, -0.25) is 19.6 Å². The largest absolute Gasteiger partial charge is 0.480 e. The fourth-order valence-electron chi connectivity index (χ4n) is 4.95. The number of piperazine rings is 1. The topological polar surface area (TPSA) is 76.9 Å². The Hall–Kier alpha value is -3.48. The van der Waals surface area contributed by atoms with Crippen LogP contribution in [0.15, 0.2) is 67.0 Å². The fraction of sp³-hybridized carbons (Fsp3) is 0.357. The summed E-state index contributed by atoms with van der Waals surface area (Å²) >= 11 is 0. The van der Waals surface area contributed by atoms with Gasteiger partial charge < -0.3 is 10.2 Å². The Morgan fingerprint density at radius 2 is 1.52 bits per heavy atom. The highest BCUT2D eigenvalue weighted by molar-refractivity contribution is 5.74. The average Bonchev–Trinajstić information content (AvgIpc) is 2.88. The molecule has 0 amide bonds. The zero-order valence-electron chi connectivity index (χ0n) is 21.4. The van der Waals surface area contributed by atoms with Gasteiger partial charge in [0.05, 0.1) is 0 Å². The maximum absolute atomic E-state index is 13.2. The summed E-state index contributed by atoms with van der Waals surface area (Å²) < 4.78 is 79.2. The van der Waals surface area contributed by atoms with Gasteiger partial charge in [-0.1, -0.05) is 42.5 Å². The Bertz CT molecular complexity index is 1320. The lowest BCUT2D eigenvalue weighted by molar-refractivity contribution is -0.376. The molecule has 0 spiro atoms. The lowest BCUT2D eigenvalue weighted by Crippen LogP contribution is -2.55. The summed E-state index contributed by atoms with van der Waals surface area (Å²) in [5.41, 5.74) is -2.81. The summed E-state index contributed by atoms with van der Waals surface area (Å²) in [4.78, 5) is 20.0. The third kappa shape index (κ3) is 5.98. The van der Waals surface area contributed by atoms with Crippen molar-refractivity contribution in [2.75, 3.05) is 19.6 Å². The van der Waals surface area contributed by atoms with Gasteiger partial charge in [0.2, 0.25) is 0 Å². The van der Waals surface area contributed by atoms with Crippen LogP contribution in [0.4, 0.5) is 26.3 Å². The van der Waals surface area contributed by atoms with E-state index in [2.05, 4.69) is 9.88 Å². The SMILES string of the molecule is Cc1cc(CN2CCN(Cc3ccncc3)C[C@@H]2C(=O)O)ccc1-c1ccc(C(O)(C(F)(F)F)C(F)(F)F)cc1. The minimum atomic E-state index is -5.96. The molecule has 1 aromatic heterocycles. The highest BCUT2D eigenvalue weighted by Crippen LogP contribution is 2.50. The summed E-state index contributed by atoms with van der Waals surface area (Å²) in [6.45, 7) is 4.23. The second-order valence-corrected chi connectivity index (χ2v) is 9.85. The number of pyridine rings is 1. The maximum atomic E-state index is 13.2. The summed E-state index contributed by atoms with van der Waals surface area (Å²) in [5.74, 6) is -0.939. The summed E-state index contributed by atoms with van der Waals surface area (Å²) in [6.07, 6.45) is -8.54. The number of rotatable bonds is 7. The minimum absolute atomic E-state index is 0.337. The Balaban J connectivity index is 1.49. The smallest absolute Gasteiger partial charge is 0.430 e. The second-order valence-electron chi connectivity index (χ2n) is 9.85. The first kappa shape index (κ1) is 29.5. The lowest BCUT2D eigenvalue weighted by Gasteiger charge is -2.39. The predicted molar refractivity (Wildman–Crippen MR) is 134 cm³/mol. The van der Waals surface area contributed by atoms with Crippen LogP contribution in [-0.2, 0) is 23.5 Å². The number of benzene rings is 2. The van der Waals surface area contributed by atoms with Crippen molar-refractivity contribution in [1.29, 1.82) is 0 Å². The van der Waals surface area contributed by atoms with Gasteiger partial charge in [0.15, 0.2) is 0 Å². The second kappa shape index (κ2) is 11.2. The number of alkyl halides is 6. The van der Waals surface area contributed by atoms with E-state index < -0.39 is 35.5 Å². The highest BCUT2D eigenvalue weighted by atomic mass is 19.4. The van der Waals surface area contributed by atoms with E-state index in [0.717, 1.165) is 23.3 Å². The van der Waals surface area contributed by atoms with Crippen LogP contribution in [-0.4, -0.2) is 69.0 Å². The molecule has 0 aliphatic carbocycles. The van der Waals surface area contributed by atoms with Crippen molar-refractivity contribution in [2.45, 2.75) is 44.0 Å². The number of hydrogen-bond donors (Lipinski definition) is 2. The van der Waals surface area contributed by atoms with Crippen molar-refractivity contribution in [3.05, 3.63) is 89.2 Å². The Labute approximate surface area is 226 Å². The molecule has 0 radical (unpaired) electrons. The number of halogens is 6. The molecule has 1 atom stereocenters. The molecular formula is C28H27F6N3O3. The van der Waals surface area contributed by atoms with Gasteiger partial charge in [0, 0.05) is 50.7 Å². The number of carboxylic acid groups (broad SMARTS) is 1. The number of hydrogen-bond acceptors (Lipinski definition) is 5. The Morgan fingerprint density at radius 1 is 0.900 bits per heavy atom. The maximum Gasteiger partial charge on any atom is 0.430 e. The van der Waals surface area contributed by atoms with E-state index in [1.165, 1.54) is 0 Å². The van der Waals surface area contributed by atoms with Crippen LogP contribution in [0.5, 0.6) is 0 Å². The number of aromatic nitrogens is 1. The molecule has 4 rings (SSSR count). The van der Waals surface area contributed by atoms with Gasteiger partial charge in [0.25, 0.3) is 5.60 Å². The van der Waals surface area contributed by atoms with Crippen LogP contribution in [0.2, 0.25) is 0 Å². The molecule has 0 saturated carbocycles. The molecule has 1 aliphatic heterocycles. The van der Waals surface area contributed by atoms with Crippen molar-refractivity contribution in [3.63, 3.8) is 0 Å². The zero-order chi connectivity index (χ0) is 29.3. The van der Waals surface area contributed by atoms with Gasteiger partial charge in [-0.05, 0) is 46.9 Å². The van der Waals surface area contributed by atoms with E-state index in [1.54, 1.807) is 31.5 Å². The van der Waals surface area contributed by atoms with Crippen LogP contribution in [0.25, 0.3) is 11.1 Å². The van der Waals surface area contributed by atoms with Crippen LogP contribution < -0.4 is 0 Å². The monoisotopic (exact) mass is 567 g/mol. The molecule has 1 aliphatic rings. The van der Waals surface area contributed by atoms with Gasteiger partial charge in [-0.15, -0.1) is 0 Å². The molecule has 0 unspecified atom stereocenters. The number of aryl methyl sites for hydroxylation is 1. The van der Waals surface area contributed by atoms with E-state index in [-0.39, 0.29) is 0 Å². The van der Waals surface area contributed by atoms with E-state index >= 15 is 0 Å². The van der Waals surface area contributed by atoms with E-state index in [9.17, 15) is 41.4 Å². The van der Waals surface area contributed by atoms with Crippen molar-refractivity contribution in [3.8, 4) is 11.1 Å². The van der Waals surface area contributed by atoms with Crippen molar-refractivity contribution in [2.24, 2.45) is 0 Å². The van der Waals surface area contributed by atoms with E-state index in [1.807, 2.05) is 23.1 Å². The number of carboxylic acids is 1. The van der Waals surface area contributed by atoms with Crippen LogP contribution in [0, 0.1) is 6.92 Å². The van der Waals surface area contributed by atoms with Crippen molar-refractivity contribution < 1.29 is 41.4 Å². The quantitative estimate of drug-likeness (QED) is 0.385. The molecule has 40 heavy (non-hydrogen) atoms. The lowest BCUT2D eigenvalue weighted by atomic mass is 9.90. The molecule has 3 aromatic rings. The third-order valence-electron chi connectivity index (χ3n) is 7.13. The Morgan fingerprint density at radius 3 is 2.08 bits per heavy atom. The molecule has 214 valence electrons. The first-order valence-corrected chi connectivity index (χ1v) is 12.3. The van der Waals surface area contributed by atoms with E-state index in [0.29, 0.717) is 61.5 Å². The van der Waals surface area contributed by atoms with Crippen molar-refractivity contribution >= 4 is 5.97 Å². The number of aliphatic carboxylic acids is 1. The standard InChI is InChI=1S/C28H27F6N3O3/c1-18-14-20(16-37-13-12-36(17-24(37)25(38)39)15-19-8-10-35-11-9-19)2-7-23(18)21-3-5-22(6-4-21)26(40,27(29,30)31)28(32,33)34/h2-11,14,24,40H,12-13,15-17H2,1H3,(H,38,39)/t24-/m1/s1. The van der Waals surface area contributed by atoms with Gasteiger partial charge in [0.1, 0.15) is 6.04 Å². The molecule has 2 N–H and O–H groups in total. The minimum Gasteiger partial charge on any atom is -0.480 e. The van der Waals surface area contributed by atoms with Crippen LogP contribution in [0.1, 0.15) is 22.3 Å². The number of aliphatic hydroxyl groups is 1. The zero-order valence-corrected chi connectivity index (χ0v) is 21.4. The molecule has 6 nitrogen and oxygen atoms in total. The fourth-order valence-corrected chi connectivity index (χ4v) is 4.95. The summed E-state index contributed by atoms with van der Waals surface area (Å²) in [6, 6.07) is 11.7. The molecule has 12 heteroatoms. The van der Waals surface area contributed by atoms with Gasteiger partial charge in [-0.25, -0.2) is 0 Å². The third-order valence-corrected chi connectivity index (χ3v) is 7.13. The molecule has 0 bridgehead atoms. The summed E-state index contributed by atoms with van der Waals surface area (Å²) in [5, 5.41) is 19.5. The molecule has 2 aromatic carbocycles. The molecule has 1 saturated heterocycles. The first-order valence-electron chi connectivity index (χ1n) is 12.3. The molecule has 2 heterocycles. The predicted octanol–water partition coefficient (Wildman–Crippen LogP) is 5.14. The van der Waals surface area contributed by atoms with Gasteiger partial charge >= 0.3 is 18.3 Å². The van der Waals surface area contributed by atoms with E-state index in [4.69, 9.17) is 0 Å². The number of carbonyl (C=O) groups is 1. The number of nitrogens with zero attached hydrogens (tertiary/aromatic N) is 3. The molecular weight excluding hydrogens is 540 g/mol. The van der Waals surface area contributed by atoms with Crippen LogP contribution >= 0.6 is 0 Å².